The lowest BCUT2D eigenvalue weighted by Gasteiger charge is -2.18. The van der Waals surface area contributed by atoms with Gasteiger partial charge in [0.2, 0.25) is 5.95 Å². The molecule has 0 radical (unpaired) electrons. The molecule has 2 aromatic rings. The van der Waals surface area contributed by atoms with Gasteiger partial charge in [-0.2, -0.15) is 0 Å². The van der Waals surface area contributed by atoms with E-state index >= 15 is 0 Å². The zero-order valence-electron chi connectivity index (χ0n) is 9.38. The Bertz CT molecular complexity index is 543. The van der Waals surface area contributed by atoms with E-state index in [1.54, 1.807) is 0 Å². The molecule has 16 heavy (non-hydrogen) atoms. The van der Waals surface area contributed by atoms with E-state index in [4.69, 9.17) is 5.73 Å². The van der Waals surface area contributed by atoms with Crippen molar-refractivity contribution >= 4 is 11.7 Å². The molecule has 2 N–H and O–H groups in total. The number of rotatable bonds is 1. The molecule has 0 saturated heterocycles. The molecular formula is C10H14N6. The van der Waals surface area contributed by atoms with Crippen LogP contribution in [0.25, 0.3) is 5.78 Å². The summed E-state index contributed by atoms with van der Waals surface area (Å²) in [4.78, 5) is 6.62. The average Bonchev–Trinajstić information content (AvgIpc) is 2.81. The van der Waals surface area contributed by atoms with Gasteiger partial charge in [0, 0.05) is 36.6 Å². The zero-order valence-corrected chi connectivity index (χ0v) is 9.38. The fraction of sp³-hybridized carbons (Fsp3) is 0.500. The summed E-state index contributed by atoms with van der Waals surface area (Å²) in [5.41, 5.74) is 8.18. The predicted octanol–water partition coefficient (Wildman–Crippen LogP) is 0.430. The minimum absolute atomic E-state index is 0.421. The Labute approximate surface area is 93.1 Å². The second-order valence-corrected chi connectivity index (χ2v) is 4.42. The summed E-state index contributed by atoms with van der Waals surface area (Å²) in [6, 6.07) is 0.514. The van der Waals surface area contributed by atoms with Gasteiger partial charge in [-0.05, 0) is 13.8 Å². The number of fused-ring (bicyclic) bond motifs is 3. The third kappa shape index (κ3) is 1.19. The van der Waals surface area contributed by atoms with Gasteiger partial charge in [0.1, 0.15) is 0 Å². The van der Waals surface area contributed by atoms with E-state index in [1.165, 1.54) is 11.3 Å². The SMILES string of the molecule is CC(C)N1Cc2cnc3nnc(N)n3c2C1. The summed E-state index contributed by atoms with van der Waals surface area (Å²) in [6.07, 6.45) is 1.88. The number of aromatic nitrogens is 4. The summed E-state index contributed by atoms with van der Waals surface area (Å²) >= 11 is 0. The third-order valence-electron chi connectivity index (χ3n) is 3.10. The molecular weight excluding hydrogens is 204 g/mol. The van der Waals surface area contributed by atoms with Gasteiger partial charge >= 0.3 is 0 Å². The van der Waals surface area contributed by atoms with Gasteiger partial charge in [0.25, 0.3) is 5.78 Å². The van der Waals surface area contributed by atoms with Crippen molar-refractivity contribution in [2.75, 3.05) is 5.73 Å². The molecule has 0 aromatic carbocycles. The molecule has 6 nitrogen and oxygen atoms in total. The first kappa shape index (κ1) is 9.53. The molecule has 0 spiro atoms. The fourth-order valence-electron chi connectivity index (χ4n) is 2.12. The van der Waals surface area contributed by atoms with Crippen molar-refractivity contribution < 1.29 is 0 Å². The second kappa shape index (κ2) is 3.15. The van der Waals surface area contributed by atoms with Crippen LogP contribution in [0.2, 0.25) is 0 Å². The average molecular weight is 218 g/mol. The van der Waals surface area contributed by atoms with Crippen LogP contribution in [0.4, 0.5) is 5.95 Å². The maximum Gasteiger partial charge on any atom is 0.256 e. The van der Waals surface area contributed by atoms with Gasteiger partial charge in [-0.25, -0.2) is 9.38 Å². The van der Waals surface area contributed by atoms with Gasteiger partial charge in [0.15, 0.2) is 0 Å². The molecule has 0 bridgehead atoms. The summed E-state index contributed by atoms with van der Waals surface area (Å²) in [6.45, 7) is 6.18. The number of anilines is 1. The van der Waals surface area contributed by atoms with Crippen LogP contribution >= 0.6 is 0 Å². The van der Waals surface area contributed by atoms with Crippen LogP contribution in [0.5, 0.6) is 0 Å². The van der Waals surface area contributed by atoms with Crippen molar-refractivity contribution in [1.29, 1.82) is 0 Å². The van der Waals surface area contributed by atoms with Crippen molar-refractivity contribution in [2.45, 2.75) is 33.0 Å². The van der Waals surface area contributed by atoms with Crippen molar-refractivity contribution in [3.8, 4) is 0 Å². The molecule has 2 aromatic heterocycles. The van der Waals surface area contributed by atoms with Gasteiger partial charge in [-0.3, -0.25) is 4.90 Å². The summed E-state index contributed by atoms with van der Waals surface area (Å²) in [5.74, 6) is 1.01. The maximum absolute atomic E-state index is 5.80. The Morgan fingerprint density at radius 2 is 2.12 bits per heavy atom. The quantitative estimate of drug-likeness (QED) is 0.751. The normalized spacial score (nSPS) is 16.2. The first-order valence-electron chi connectivity index (χ1n) is 5.38. The van der Waals surface area contributed by atoms with Crippen LogP contribution < -0.4 is 5.73 Å². The predicted molar refractivity (Wildman–Crippen MR) is 59.6 cm³/mol. The van der Waals surface area contributed by atoms with E-state index in [0.29, 0.717) is 17.8 Å². The number of hydrogen-bond acceptors (Lipinski definition) is 5. The van der Waals surface area contributed by atoms with Crippen molar-refractivity contribution in [1.82, 2.24) is 24.5 Å². The Kier molecular flexibility index (Phi) is 1.88. The first-order chi connectivity index (χ1) is 7.66. The molecule has 0 aliphatic carbocycles. The zero-order chi connectivity index (χ0) is 11.3. The molecule has 0 saturated carbocycles. The number of nitrogens with two attached hydrogens (primary N) is 1. The van der Waals surface area contributed by atoms with Crippen LogP contribution in [0, 0.1) is 0 Å². The van der Waals surface area contributed by atoms with Crippen LogP contribution in [0.1, 0.15) is 25.1 Å². The summed E-state index contributed by atoms with van der Waals surface area (Å²) in [5, 5.41) is 7.78. The largest absolute Gasteiger partial charge is 0.368 e. The number of hydrogen-bond donors (Lipinski definition) is 1. The molecule has 0 amide bonds. The van der Waals surface area contributed by atoms with E-state index in [-0.39, 0.29) is 0 Å². The lowest BCUT2D eigenvalue weighted by atomic mass is 10.3. The monoisotopic (exact) mass is 218 g/mol. The van der Waals surface area contributed by atoms with Crippen LogP contribution in [0.15, 0.2) is 6.20 Å². The van der Waals surface area contributed by atoms with E-state index in [2.05, 4.69) is 33.9 Å². The molecule has 3 rings (SSSR count). The molecule has 0 atom stereocenters. The lowest BCUT2D eigenvalue weighted by molar-refractivity contribution is 0.225. The minimum atomic E-state index is 0.421. The van der Waals surface area contributed by atoms with Crippen molar-refractivity contribution in [3.63, 3.8) is 0 Å². The number of nitrogens with zero attached hydrogens (tertiary/aromatic N) is 5. The van der Waals surface area contributed by atoms with Crippen molar-refractivity contribution in [3.05, 3.63) is 17.5 Å². The Balaban J connectivity index is 2.16. The highest BCUT2D eigenvalue weighted by Gasteiger charge is 2.25. The van der Waals surface area contributed by atoms with Crippen LogP contribution in [0.3, 0.4) is 0 Å². The molecule has 1 aliphatic rings. The lowest BCUT2D eigenvalue weighted by Crippen LogP contribution is -2.24. The Morgan fingerprint density at radius 1 is 1.31 bits per heavy atom. The van der Waals surface area contributed by atoms with Crippen LogP contribution in [-0.2, 0) is 13.1 Å². The van der Waals surface area contributed by atoms with E-state index in [1.807, 2.05) is 10.6 Å². The standard InChI is InChI=1S/C10H14N6/c1-6(2)15-4-7-3-12-10-14-13-9(11)16(10)8(7)5-15/h3,6H,4-5H2,1-2H3,(H2,11,13). The topological polar surface area (TPSA) is 72.3 Å². The van der Waals surface area contributed by atoms with E-state index in [9.17, 15) is 0 Å². The van der Waals surface area contributed by atoms with E-state index in [0.717, 1.165) is 13.1 Å². The summed E-state index contributed by atoms with van der Waals surface area (Å²) in [7, 11) is 0. The molecule has 84 valence electrons. The van der Waals surface area contributed by atoms with Gasteiger partial charge in [-0.1, -0.05) is 0 Å². The molecule has 1 aliphatic heterocycles. The van der Waals surface area contributed by atoms with Crippen molar-refractivity contribution in [2.24, 2.45) is 0 Å². The third-order valence-corrected chi connectivity index (χ3v) is 3.10. The second-order valence-electron chi connectivity index (χ2n) is 4.42. The maximum atomic E-state index is 5.80. The number of nitrogen functional groups attached to an aromatic ring is 1. The molecule has 3 heterocycles. The van der Waals surface area contributed by atoms with Gasteiger partial charge < -0.3 is 5.73 Å². The van der Waals surface area contributed by atoms with Crippen LogP contribution in [-0.4, -0.2) is 30.5 Å². The Hall–Kier alpha value is -1.69. The molecule has 0 unspecified atom stereocenters. The highest BCUT2D eigenvalue weighted by molar-refractivity contribution is 5.42. The van der Waals surface area contributed by atoms with Gasteiger partial charge in [0.05, 0.1) is 0 Å². The molecule has 6 heteroatoms. The Morgan fingerprint density at radius 3 is 2.88 bits per heavy atom. The highest BCUT2D eigenvalue weighted by atomic mass is 15.3. The minimum Gasteiger partial charge on any atom is -0.368 e. The smallest absolute Gasteiger partial charge is 0.256 e. The van der Waals surface area contributed by atoms with Gasteiger partial charge in [-0.15, -0.1) is 10.2 Å². The van der Waals surface area contributed by atoms with E-state index < -0.39 is 0 Å². The highest BCUT2D eigenvalue weighted by Crippen LogP contribution is 2.25. The fourth-order valence-corrected chi connectivity index (χ4v) is 2.12. The first-order valence-corrected chi connectivity index (χ1v) is 5.38. The summed E-state index contributed by atoms with van der Waals surface area (Å²) < 4.78 is 1.84. The molecule has 0 fully saturated rings.